The molecule has 3 rings (SSSR count). The molecule has 1 amide bonds. The maximum atomic E-state index is 12.7. The number of hydrogen-bond donors (Lipinski definition) is 1. The van der Waals surface area contributed by atoms with Crippen molar-refractivity contribution in [2.75, 3.05) is 11.5 Å². The Balaban J connectivity index is 1.82. The van der Waals surface area contributed by atoms with Crippen molar-refractivity contribution in [3.63, 3.8) is 0 Å². The zero-order valence-corrected chi connectivity index (χ0v) is 16.6. The number of aromatic nitrogens is 2. The van der Waals surface area contributed by atoms with Gasteiger partial charge in [-0.15, -0.1) is 6.58 Å². The Labute approximate surface area is 161 Å². The molecule has 1 aromatic heterocycles. The molecule has 2 atom stereocenters. The smallest absolute Gasteiger partial charge is 0.262 e. The van der Waals surface area contributed by atoms with E-state index in [1.165, 1.54) is 16.3 Å². The van der Waals surface area contributed by atoms with E-state index in [1.54, 1.807) is 37.3 Å². The molecular weight excluding hydrogens is 386 g/mol. The van der Waals surface area contributed by atoms with Gasteiger partial charge in [-0.3, -0.25) is 14.2 Å². The molecule has 27 heavy (non-hydrogen) atoms. The third-order valence-electron chi connectivity index (χ3n) is 4.37. The minimum Gasteiger partial charge on any atom is -0.351 e. The van der Waals surface area contributed by atoms with Gasteiger partial charge in [0.05, 0.1) is 27.7 Å². The van der Waals surface area contributed by atoms with Crippen LogP contribution in [-0.2, 0) is 21.2 Å². The molecule has 1 saturated heterocycles. The normalized spacial score (nSPS) is 19.7. The Bertz CT molecular complexity index is 1050. The lowest BCUT2D eigenvalue weighted by Gasteiger charge is -2.17. The van der Waals surface area contributed by atoms with Crippen LogP contribution in [0.1, 0.15) is 13.3 Å². The van der Waals surface area contributed by atoms with Crippen molar-refractivity contribution >= 4 is 38.4 Å². The SMILES string of the molecule is C=CCn1c(S[C@H](C)C(=O)N[C@@H]2CCS(=O)(=O)C2)nc2ccccc2c1=O. The molecule has 2 heterocycles. The van der Waals surface area contributed by atoms with E-state index < -0.39 is 15.1 Å². The van der Waals surface area contributed by atoms with Gasteiger partial charge in [0.15, 0.2) is 15.0 Å². The van der Waals surface area contributed by atoms with Crippen LogP contribution in [0.5, 0.6) is 0 Å². The third-order valence-corrected chi connectivity index (χ3v) is 7.23. The number of carbonyl (C=O) groups excluding carboxylic acids is 1. The average molecular weight is 408 g/mol. The number of fused-ring (bicyclic) bond motifs is 1. The summed E-state index contributed by atoms with van der Waals surface area (Å²) in [5, 5.41) is 3.20. The summed E-state index contributed by atoms with van der Waals surface area (Å²) >= 11 is 1.17. The van der Waals surface area contributed by atoms with Gasteiger partial charge >= 0.3 is 0 Å². The number of para-hydroxylation sites is 1. The number of thioether (sulfide) groups is 1. The number of amides is 1. The van der Waals surface area contributed by atoms with Crippen LogP contribution in [0.3, 0.4) is 0 Å². The number of benzene rings is 1. The molecule has 9 heteroatoms. The van der Waals surface area contributed by atoms with E-state index in [4.69, 9.17) is 0 Å². The van der Waals surface area contributed by atoms with Crippen LogP contribution in [0.15, 0.2) is 46.9 Å². The highest BCUT2D eigenvalue weighted by atomic mass is 32.2. The monoisotopic (exact) mass is 407 g/mol. The quantitative estimate of drug-likeness (QED) is 0.441. The number of nitrogens with one attached hydrogen (secondary N) is 1. The first-order chi connectivity index (χ1) is 12.8. The zero-order valence-electron chi connectivity index (χ0n) is 14.9. The molecule has 7 nitrogen and oxygen atoms in total. The fourth-order valence-corrected chi connectivity index (χ4v) is 5.57. The van der Waals surface area contributed by atoms with Crippen LogP contribution >= 0.6 is 11.8 Å². The van der Waals surface area contributed by atoms with Gasteiger partial charge in [-0.1, -0.05) is 30.0 Å². The Morgan fingerprint density at radius 1 is 1.48 bits per heavy atom. The van der Waals surface area contributed by atoms with Gasteiger partial charge in [0.25, 0.3) is 5.56 Å². The molecule has 1 fully saturated rings. The molecule has 0 spiro atoms. The first-order valence-electron chi connectivity index (χ1n) is 8.58. The van der Waals surface area contributed by atoms with Crippen LogP contribution in [-0.4, -0.2) is 46.7 Å². The molecule has 0 bridgehead atoms. The standard InChI is InChI=1S/C18H21N3O4S2/c1-3-9-21-17(23)14-6-4-5-7-15(14)20-18(21)26-12(2)16(22)19-13-8-10-27(24,25)11-13/h3-7,12-13H,1,8-11H2,2H3,(H,19,22)/t12-,13-/m1/s1. The van der Waals surface area contributed by atoms with Gasteiger partial charge in [-0.25, -0.2) is 13.4 Å². The fourth-order valence-electron chi connectivity index (χ4n) is 2.97. The molecule has 0 saturated carbocycles. The van der Waals surface area contributed by atoms with E-state index in [1.807, 2.05) is 0 Å². The van der Waals surface area contributed by atoms with Crippen molar-refractivity contribution in [2.45, 2.75) is 36.3 Å². The van der Waals surface area contributed by atoms with Gasteiger partial charge in [0, 0.05) is 12.6 Å². The Morgan fingerprint density at radius 2 is 2.22 bits per heavy atom. The summed E-state index contributed by atoms with van der Waals surface area (Å²) in [5.74, 6) is -0.189. The summed E-state index contributed by atoms with van der Waals surface area (Å²) in [7, 11) is -3.06. The topological polar surface area (TPSA) is 98.1 Å². The molecule has 2 aromatic rings. The van der Waals surface area contributed by atoms with E-state index >= 15 is 0 Å². The first kappa shape index (κ1) is 19.6. The molecule has 1 aromatic carbocycles. The highest BCUT2D eigenvalue weighted by Crippen LogP contribution is 2.23. The predicted molar refractivity (Wildman–Crippen MR) is 107 cm³/mol. The Morgan fingerprint density at radius 3 is 2.89 bits per heavy atom. The third kappa shape index (κ3) is 4.41. The summed E-state index contributed by atoms with van der Waals surface area (Å²) in [6.45, 7) is 5.68. The lowest BCUT2D eigenvalue weighted by atomic mass is 10.2. The van der Waals surface area contributed by atoms with Crippen molar-refractivity contribution in [2.24, 2.45) is 0 Å². The Hall–Kier alpha value is -2.13. The number of allylic oxidation sites excluding steroid dienone is 1. The summed E-state index contributed by atoms with van der Waals surface area (Å²) < 4.78 is 24.6. The number of hydrogen-bond acceptors (Lipinski definition) is 6. The molecule has 0 radical (unpaired) electrons. The second kappa shape index (κ2) is 7.85. The van der Waals surface area contributed by atoms with E-state index in [0.29, 0.717) is 22.5 Å². The second-order valence-corrected chi connectivity index (χ2v) is 10.0. The van der Waals surface area contributed by atoms with Gasteiger partial charge < -0.3 is 5.32 Å². The molecule has 1 aliphatic heterocycles. The van der Waals surface area contributed by atoms with Crippen molar-refractivity contribution in [3.8, 4) is 0 Å². The Kier molecular flexibility index (Phi) is 5.71. The van der Waals surface area contributed by atoms with Crippen LogP contribution in [0, 0.1) is 0 Å². The molecule has 1 N–H and O–H groups in total. The van der Waals surface area contributed by atoms with Crippen LogP contribution in [0.2, 0.25) is 0 Å². The van der Waals surface area contributed by atoms with E-state index in [0.717, 1.165) is 0 Å². The molecule has 1 aliphatic rings. The van der Waals surface area contributed by atoms with Crippen LogP contribution < -0.4 is 10.9 Å². The van der Waals surface area contributed by atoms with Gasteiger partial charge in [-0.05, 0) is 25.5 Å². The van der Waals surface area contributed by atoms with Gasteiger partial charge in [0.1, 0.15) is 0 Å². The van der Waals surface area contributed by atoms with E-state index in [2.05, 4.69) is 16.9 Å². The van der Waals surface area contributed by atoms with Crippen LogP contribution in [0.4, 0.5) is 0 Å². The molecule has 0 aliphatic carbocycles. The summed E-state index contributed by atoms with van der Waals surface area (Å²) in [5.41, 5.74) is 0.386. The van der Waals surface area contributed by atoms with E-state index in [9.17, 15) is 18.0 Å². The minimum atomic E-state index is -3.06. The summed E-state index contributed by atoms with van der Waals surface area (Å²) in [6.07, 6.45) is 2.04. The molecular formula is C18H21N3O4S2. The number of carbonyl (C=O) groups is 1. The van der Waals surface area contributed by atoms with Gasteiger partial charge in [0.2, 0.25) is 5.91 Å². The van der Waals surface area contributed by atoms with Crippen molar-refractivity contribution in [1.29, 1.82) is 0 Å². The summed E-state index contributed by atoms with van der Waals surface area (Å²) in [4.78, 5) is 29.7. The fraction of sp³-hybridized carbons (Fsp3) is 0.389. The molecule has 144 valence electrons. The maximum absolute atomic E-state index is 12.7. The van der Waals surface area contributed by atoms with Crippen molar-refractivity contribution in [1.82, 2.24) is 14.9 Å². The summed E-state index contributed by atoms with van der Waals surface area (Å²) in [6, 6.07) is 6.70. The highest BCUT2D eigenvalue weighted by molar-refractivity contribution is 8.00. The van der Waals surface area contributed by atoms with Crippen molar-refractivity contribution < 1.29 is 13.2 Å². The highest BCUT2D eigenvalue weighted by Gasteiger charge is 2.30. The first-order valence-corrected chi connectivity index (χ1v) is 11.3. The van der Waals surface area contributed by atoms with Crippen molar-refractivity contribution in [3.05, 3.63) is 47.3 Å². The number of sulfone groups is 1. The van der Waals surface area contributed by atoms with E-state index in [-0.39, 0.29) is 35.6 Å². The maximum Gasteiger partial charge on any atom is 0.262 e. The minimum absolute atomic E-state index is 0.0223. The number of rotatable bonds is 6. The lowest BCUT2D eigenvalue weighted by Crippen LogP contribution is -2.40. The largest absolute Gasteiger partial charge is 0.351 e. The predicted octanol–water partition coefficient (Wildman–Crippen LogP) is 1.37. The van der Waals surface area contributed by atoms with Crippen LogP contribution in [0.25, 0.3) is 10.9 Å². The second-order valence-electron chi connectivity index (χ2n) is 6.48. The average Bonchev–Trinajstić information content (AvgIpc) is 2.96. The molecule has 0 unspecified atom stereocenters. The number of nitrogens with zero attached hydrogens (tertiary/aromatic N) is 2. The van der Waals surface area contributed by atoms with Gasteiger partial charge in [-0.2, -0.15) is 0 Å². The lowest BCUT2D eigenvalue weighted by molar-refractivity contribution is -0.120. The zero-order chi connectivity index (χ0) is 19.6.